The number of hydrogen-bond acceptors (Lipinski definition) is 3. The fourth-order valence-electron chi connectivity index (χ4n) is 3.72. The minimum atomic E-state index is -0.292. The fraction of sp³-hybridized carbons (Fsp3) is 0.941. The first-order valence-corrected chi connectivity index (χ1v) is 8.55. The summed E-state index contributed by atoms with van der Waals surface area (Å²) < 4.78 is 0. The Bertz CT molecular complexity index is 326. The molecule has 1 N–H and O–H groups in total. The van der Waals surface area contributed by atoms with Crippen LogP contribution in [0.3, 0.4) is 0 Å². The van der Waals surface area contributed by atoms with Crippen molar-refractivity contribution in [1.82, 2.24) is 10.2 Å². The third kappa shape index (κ3) is 4.20. The highest BCUT2D eigenvalue weighted by Crippen LogP contribution is 2.40. The highest BCUT2D eigenvalue weighted by molar-refractivity contribution is 5.16. The average molecular weight is 277 g/mol. The van der Waals surface area contributed by atoms with E-state index in [0.717, 1.165) is 25.4 Å². The lowest BCUT2D eigenvalue weighted by Crippen LogP contribution is -2.54. The van der Waals surface area contributed by atoms with Gasteiger partial charge in [0.1, 0.15) is 5.54 Å². The Morgan fingerprint density at radius 1 is 1.20 bits per heavy atom. The molecule has 2 aliphatic carbocycles. The lowest BCUT2D eigenvalue weighted by Gasteiger charge is -2.35. The van der Waals surface area contributed by atoms with Crippen molar-refractivity contribution in [2.45, 2.75) is 63.8 Å². The number of likely N-dealkylation sites (N-methyl/N-ethyl adjacent to an activating group) is 1. The van der Waals surface area contributed by atoms with Gasteiger partial charge in [-0.15, -0.1) is 0 Å². The van der Waals surface area contributed by atoms with Crippen LogP contribution >= 0.6 is 0 Å². The Balaban J connectivity index is 1.87. The Hall–Kier alpha value is -0.590. The minimum Gasteiger partial charge on any atom is -0.303 e. The summed E-state index contributed by atoms with van der Waals surface area (Å²) in [4.78, 5) is 2.42. The van der Waals surface area contributed by atoms with Crippen LogP contribution in [0.5, 0.6) is 0 Å². The third-order valence-electron chi connectivity index (χ3n) is 4.98. The fourth-order valence-corrected chi connectivity index (χ4v) is 3.72. The lowest BCUT2D eigenvalue weighted by atomic mass is 9.88. The largest absolute Gasteiger partial charge is 0.303 e. The van der Waals surface area contributed by atoms with Crippen LogP contribution in [-0.2, 0) is 0 Å². The second-order valence-corrected chi connectivity index (χ2v) is 6.98. The molecule has 2 aliphatic rings. The van der Waals surface area contributed by atoms with E-state index in [-0.39, 0.29) is 5.54 Å². The summed E-state index contributed by atoms with van der Waals surface area (Å²) in [6, 6.07) is 2.63. The molecule has 0 spiro atoms. The monoisotopic (exact) mass is 277 g/mol. The third-order valence-corrected chi connectivity index (χ3v) is 4.98. The predicted octanol–water partition coefficient (Wildman–Crippen LogP) is 3.17. The van der Waals surface area contributed by atoms with Gasteiger partial charge in [0.2, 0.25) is 0 Å². The predicted molar refractivity (Wildman–Crippen MR) is 83.4 cm³/mol. The molecule has 0 saturated heterocycles. The van der Waals surface area contributed by atoms with Crippen molar-refractivity contribution < 1.29 is 0 Å². The van der Waals surface area contributed by atoms with Crippen LogP contribution in [0.1, 0.15) is 58.3 Å². The van der Waals surface area contributed by atoms with E-state index in [1.54, 1.807) is 0 Å². The summed E-state index contributed by atoms with van der Waals surface area (Å²) in [6.07, 6.45) is 10.5. The second kappa shape index (κ2) is 7.43. The quantitative estimate of drug-likeness (QED) is 0.740. The molecule has 0 amide bonds. The van der Waals surface area contributed by atoms with Gasteiger partial charge in [-0.2, -0.15) is 5.26 Å². The Morgan fingerprint density at radius 3 is 2.45 bits per heavy atom. The molecule has 0 aromatic carbocycles. The van der Waals surface area contributed by atoms with Crippen molar-refractivity contribution in [2.24, 2.45) is 11.8 Å². The smallest absolute Gasteiger partial charge is 0.122 e. The summed E-state index contributed by atoms with van der Waals surface area (Å²) in [5, 5.41) is 13.3. The first-order chi connectivity index (χ1) is 9.70. The molecule has 2 saturated carbocycles. The van der Waals surface area contributed by atoms with E-state index in [9.17, 15) is 5.26 Å². The molecule has 0 aliphatic heterocycles. The van der Waals surface area contributed by atoms with Gasteiger partial charge in [0.05, 0.1) is 6.07 Å². The molecule has 1 unspecified atom stereocenters. The topological polar surface area (TPSA) is 39.1 Å². The maximum atomic E-state index is 9.73. The minimum absolute atomic E-state index is 0.292. The molecule has 3 nitrogen and oxygen atoms in total. The molecule has 20 heavy (non-hydrogen) atoms. The summed E-state index contributed by atoms with van der Waals surface area (Å²) >= 11 is 0. The molecule has 0 aromatic rings. The Kier molecular flexibility index (Phi) is 5.86. The van der Waals surface area contributed by atoms with E-state index in [1.807, 2.05) is 0 Å². The maximum absolute atomic E-state index is 9.73. The van der Waals surface area contributed by atoms with E-state index in [4.69, 9.17) is 0 Å². The molecule has 0 heterocycles. The van der Waals surface area contributed by atoms with Crippen LogP contribution in [-0.4, -0.2) is 37.1 Å². The van der Waals surface area contributed by atoms with Crippen molar-refractivity contribution in [1.29, 1.82) is 5.26 Å². The van der Waals surface area contributed by atoms with Gasteiger partial charge in [-0.1, -0.05) is 26.2 Å². The van der Waals surface area contributed by atoms with E-state index in [1.165, 1.54) is 51.5 Å². The van der Waals surface area contributed by atoms with Crippen LogP contribution in [0.2, 0.25) is 0 Å². The lowest BCUT2D eigenvalue weighted by molar-refractivity contribution is 0.184. The van der Waals surface area contributed by atoms with Crippen molar-refractivity contribution in [3.05, 3.63) is 0 Å². The highest BCUT2D eigenvalue weighted by Gasteiger charge is 2.46. The summed E-state index contributed by atoms with van der Waals surface area (Å²) in [5.41, 5.74) is -0.292. The molecule has 2 rings (SSSR count). The van der Waals surface area contributed by atoms with Gasteiger partial charge in [-0.05, 0) is 57.5 Å². The second-order valence-electron chi connectivity index (χ2n) is 6.98. The van der Waals surface area contributed by atoms with Crippen LogP contribution in [0.15, 0.2) is 0 Å². The van der Waals surface area contributed by atoms with Gasteiger partial charge < -0.3 is 4.90 Å². The molecule has 3 heteroatoms. The standard InChI is InChI=1S/C17H31N3/c1-3-11-19-17(13-18,16-9-10-16)14-20(2)12-15-7-5-4-6-8-15/h15-16,19H,3-12,14H2,1-2H3. The van der Waals surface area contributed by atoms with Gasteiger partial charge in [-0.3, -0.25) is 5.32 Å². The van der Waals surface area contributed by atoms with Crippen LogP contribution in [0.25, 0.3) is 0 Å². The molecule has 2 fully saturated rings. The van der Waals surface area contributed by atoms with Gasteiger partial charge in [0, 0.05) is 13.1 Å². The number of nitrogens with zero attached hydrogens (tertiary/aromatic N) is 2. The molecule has 114 valence electrons. The molecule has 1 atom stereocenters. The highest BCUT2D eigenvalue weighted by atomic mass is 15.2. The zero-order valence-electron chi connectivity index (χ0n) is 13.3. The molecular weight excluding hydrogens is 246 g/mol. The zero-order valence-corrected chi connectivity index (χ0v) is 13.3. The molecule has 0 radical (unpaired) electrons. The van der Waals surface area contributed by atoms with Gasteiger partial charge in [0.15, 0.2) is 0 Å². The van der Waals surface area contributed by atoms with Gasteiger partial charge >= 0.3 is 0 Å². The number of nitriles is 1. The molecule has 0 aromatic heterocycles. The molecule has 0 bridgehead atoms. The zero-order chi connectivity index (χ0) is 14.4. The average Bonchev–Trinajstić information content (AvgIpc) is 3.29. The summed E-state index contributed by atoms with van der Waals surface area (Å²) in [6.45, 7) is 5.20. The van der Waals surface area contributed by atoms with E-state index >= 15 is 0 Å². The van der Waals surface area contributed by atoms with Crippen molar-refractivity contribution in [3.63, 3.8) is 0 Å². The van der Waals surface area contributed by atoms with Crippen molar-refractivity contribution >= 4 is 0 Å². The maximum Gasteiger partial charge on any atom is 0.122 e. The van der Waals surface area contributed by atoms with E-state index in [2.05, 4.69) is 30.3 Å². The SMILES string of the molecule is CCCNC(C#N)(CN(C)CC1CCCCC1)C1CC1. The van der Waals surface area contributed by atoms with Gasteiger partial charge in [-0.25, -0.2) is 0 Å². The van der Waals surface area contributed by atoms with Crippen molar-refractivity contribution in [2.75, 3.05) is 26.7 Å². The van der Waals surface area contributed by atoms with Gasteiger partial charge in [0.25, 0.3) is 0 Å². The Labute approximate surface area is 124 Å². The van der Waals surface area contributed by atoms with Crippen LogP contribution < -0.4 is 5.32 Å². The normalized spacial score (nSPS) is 23.5. The number of rotatable bonds is 8. The first-order valence-electron chi connectivity index (χ1n) is 8.55. The Morgan fingerprint density at radius 2 is 1.90 bits per heavy atom. The van der Waals surface area contributed by atoms with Crippen LogP contribution in [0, 0.1) is 23.2 Å². The number of nitrogens with one attached hydrogen (secondary N) is 1. The number of hydrogen-bond donors (Lipinski definition) is 1. The molecular formula is C17H31N3. The summed E-state index contributed by atoms with van der Waals surface area (Å²) in [7, 11) is 2.21. The van der Waals surface area contributed by atoms with Crippen LogP contribution in [0.4, 0.5) is 0 Å². The van der Waals surface area contributed by atoms with Crippen molar-refractivity contribution in [3.8, 4) is 6.07 Å². The van der Waals surface area contributed by atoms with E-state index < -0.39 is 0 Å². The van der Waals surface area contributed by atoms with E-state index in [0.29, 0.717) is 5.92 Å². The summed E-state index contributed by atoms with van der Waals surface area (Å²) in [5.74, 6) is 1.43. The first kappa shape index (κ1) is 15.8.